The second kappa shape index (κ2) is 7.32. The first-order valence-corrected chi connectivity index (χ1v) is 9.01. The third kappa shape index (κ3) is 3.22. The van der Waals surface area contributed by atoms with E-state index in [-0.39, 0.29) is 5.41 Å². The van der Waals surface area contributed by atoms with Crippen LogP contribution in [0.1, 0.15) is 51.8 Å². The van der Waals surface area contributed by atoms with Crippen LogP contribution in [-0.4, -0.2) is 16.3 Å². The molecule has 0 fully saturated rings. The van der Waals surface area contributed by atoms with E-state index >= 15 is 0 Å². The molecule has 0 bridgehead atoms. The fourth-order valence-electron chi connectivity index (χ4n) is 2.81. The lowest BCUT2D eigenvalue weighted by atomic mass is 9.77. The van der Waals surface area contributed by atoms with Crippen molar-refractivity contribution in [2.45, 2.75) is 52.5 Å². The van der Waals surface area contributed by atoms with Crippen molar-refractivity contribution < 1.29 is 0 Å². The summed E-state index contributed by atoms with van der Waals surface area (Å²) in [6.45, 7) is 10.6. The number of nitrogens with one attached hydrogen (secondary N) is 1. The third-order valence-electron chi connectivity index (χ3n) is 4.37. The monoisotopic (exact) mass is 363 g/mol. The van der Waals surface area contributed by atoms with Gasteiger partial charge >= 0.3 is 0 Å². The predicted molar refractivity (Wildman–Crippen MR) is 97.6 cm³/mol. The zero-order chi connectivity index (χ0) is 16.2. The number of rotatable bonds is 3. The summed E-state index contributed by atoms with van der Waals surface area (Å²) in [4.78, 5) is 0. The molecule has 1 aliphatic heterocycles. The SMILES string of the molecule is CC.CCC(C)(c1cccc(Br)c1)c1cc2n(n1)CCCN2. The van der Waals surface area contributed by atoms with Crippen LogP contribution < -0.4 is 5.32 Å². The molecule has 0 saturated carbocycles. The summed E-state index contributed by atoms with van der Waals surface area (Å²) in [5.74, 6) is 1.15. The zero-order valence-corrected chi connectivity index (χ0v) is 15.6. The molecule has 4 heteroatoms. The fraction of sp³-hybridized carbons (Fsp3) is 0.500. The minimum atomic E-state index is -0.0458. The predicted octanol–water partition coefficient (Wildman–Crippen LogP) is 5.20. The van der Waals surface area contributed by atoms with Crippen LogP contribution in [-0.2, 0) is 12.0 Å². The maximum Gasteiger partial charge on any atom is 0.124 e. The van der Waals surface area contributed by atoms with Crippen molar-refractivity contribution >= 4 is 21.7 Å². The lowest BCUT2D eigenvalue weighted by Gasteiger charge is -2.27. The molecular formula is C18H26BrN3. The molecule has 120 valence electrons. The number of aromatic nitrogens is 2. The number of anilines is 1. The molecule has 1 unspecified atom stereocenters. The highest BCUT2D eigenvalue weighted by atomic mass is 79.9. The van der Waals surface area contributed by atoms with Crippen molar-refractivity contribution in [3.63, 3.8) is 0 Å². The van der Waals surface area contributed by atoms with Crippen LogP contribution in [0.5, 0.6) is 0 Å². The Bertz CT molecular complexity index is 597. The van der Waals surface area contributed by atoms with E-state index in [0.717, 1.165) is 41.9 Å². The van der Waals surface area contributed by atoms with E-state index in [4.69, 9.17) is 5.10 Å². The first kappa shape index (κ1) is 17.1. The number of hydrogen-bond donors (Lipinski definition) is 1. The van der Waals surface area contributed by atoms with E-state index in [9.17, 15) is 0 Å². The zero-order valence-electron chi connectivity index (χ0n) is 14.0. The van der Waals surface area contributed by atoms with Gasteiger partial charge in [0, 0.05) is 29.0 Å². The average molecular weight is 364 g/mol. The van der Waals surface area contributed by atoms with Gasteiger partial charge in [0.2, 0.25) is 0 Å². The van der Waals surface area contributed by atoms with Crippen molar-refractivity contribution in [1.82, 2.24) is 9.78 Å². The molecule has 0 saturated heterocycles. The van der Waals surface area contributed by atoms with Gasteiger partial charge in [-0.25, -0.2) is 4.68 Å². The first-order valence-electron chi connectivity index (χ1n) is 8.22. The minimum absolute atomic E-state index is 0.0458. The molecule has 1 N–H and O–H groups in total. The van der Waals surface area contributed by atoms with Gasteiger partial charge in [0.25, 0.3) is 0 Å². The molecule has 0 spiro atoms. The summed E-state index contributed by atoms with van der Waals surface area (Å²) in [6, 6.07) is 10.8. The van der Waals surface area contributed by atoms with Gasteiger partial charge in [-0.1, -0.05) is 48.8 Å². The molecular weight excluding hydrogens is 338 g/mol. The van der Waals surface area contributed by atoms with Gasteiger partial charge in [0.15, 0.2) is 0 Å². The van der Waals surface area contributed by atoms with E-state index < -0.39 is 0 Å². The third-order valence-corrected chi connectivity index (χ3v) is 4.86. The first-order chi connectivity index (χ1) is 10.6. The molecule has 2 heterocycles. The summed E-state index contributed by atoms with van der Waals surface area (Å²) >= 11 is 3.58. The van der Waals surface area contributed by atoms with E-state index in [2.05, 4.69) is 70.1 Å². The standard InChI is InChI=1S/C16H20BrN3.C2H6/c1-3-16(2,12-6-4-7-13(17)10-12)14-11-15-18-8-5-9-20(15)19-14;1-2/h4,6-7,10-11,18H,3,5,8-9H2,1-2H3;1-2H3. The molecule has 3 rings (SSSR count). The normalized spacial score (nSPS) is 15.9. The Hall–Kier alpha value is -1.29. The lowest BCUT2D eigenvalue weighted by Crippen LogP contribution is -2.24. The summed E-state index contributed by atoms with van der Waals surface area (Å²) in [5.41, 5.74) is 2.42. The molecule has 1 atom stereocenters. The van der Waals surface area contributed by atoms with Gasteiger partial charge in [-0.05, 0) is 37.5 Å². The molecule has 3 nitrogen and oxygen atoms in total. The van der Waals surface area contributed by atoms with Crippen LogP contribution in [0.25, 0.3) is 0 Å². The van der Waals surface area contributed by atoms with Crippen LogP contribution in [0.2, 0.25) is 0 Å². The van der Waals surface area contributed by atoms with Crippen molar-refractivity contribution in [2.24, 2.45) is 0 Å². The van der Waals surface area contributed by atoms with Crippen LogP contribution in [0.15, 0.2) is 34.8 Å². The number of benzene rings is 1. The Morgan fingerprint density at radius 1 is 1.32 bits per heavy atom. The highest BCUT2D eigenvalue weighted by Gasteiger charge is 2.31. The minimum Gasteiger partial charge on any atom is -0.370 e. The number of halogens is 1. The van der Waals surface area contributed by atoms with Crippen molar-refractivity contribution in [3.05, 3.63) is 46.1 Å². The molecule has 1 aliphatic rings. The van der Waals surface area contributed by atoms with Gasteiger partial charge in [0.1, 0.15) is 5.82 Å². The van der Waals surface area contributed by atoms with Gasteiger partial charge in [-0.3, -0.25) is 0 Å². The summed E-state index contributed by atoms with van der Waals surface area (Å²) < 4.78 is 3.22. The molecule has 22 heavy (non-hydrogen) atoms. The van der Waals surface area contributed by atoms with Crippen LogP contribution in [0.3, 0.4) is 0 Å². The summed E-state index contributed by atoms with van der Waals surface area (Å²) in [7, 11) is 0. The Kier molecular flexibility index (Phi) is 5.68. The summed E-state index contributed by atoms with van der Waals surface area (Å²) in [5, 5.41) is 8.27. The van der Waals surface area contributed by atoms with Crippen LogP contribution in [0, 0.1) is 0 Å². The molecule has 1 aromatic carbocycles. The highest BCUT2D eigenvalue weighted by Crippen LogP contribution is 2.37. The van der Waals surface area contributed by atoms with E-state index in [1.54, 1.807) is 0 Å². The molecule has 0 radical (unpaired) electrons. The Morgan fingerprint density at radius 3 is 2.73 bits per heavy atom. The lowest BCUT2D eigenvalue weighted by molar-refractivity contribution is 0.500. The van der Waals surface area contributed by atoms with Crippen molar-refractivity contribution in [3.8, 4) is 0 Å². The fourth-order valence-corrected chi connectivity index (χ4v) is 3.21. The molecule has 0 amide bonds. The van der Waals surface area contributed by atoms with Crippen LogP contribution >= 0.6 is 15.9 Å². The van der Waals surface area contributed by atoms with Gasteiger partial charge in [0.05, 0.1) is 5.69 Å². The van der Waals surface area contributed by atoms with Crippen molar-refractivity contribution in [2.75, 3.05) is 11.9 Å². The number of nitrogens with zero attached hydrogens (tertiary/aromatic N) is 2. The second-order valence-electron chi connectivity index (χ2n) is 5.61. The quantitative estimate of drug-likeness (QED) is 0.811. The average Bonchev–Trinajstić information content (AvgIpc) is 3.00. The smallest absolute Gasteiger partial charge is 0.124 e. The number of aryl methyl sites for hydroxylation is 1. The topological polar surface area (TPSA) is 29.9 Å². The highest BCUT2D eigenvalue weighted by molar-refractivity contribution is 9.10. The van der Waals surface area contributed by atoms with Crippen LogP contribution in [0.4, 0.5) is 5.82 Å². The van der Waals surface area contributed by atoms with Gasteiger partial charge < -0.3 is 5.32 Å². The Labute approximate surface area is 142 Å². The van der Waals surface area contributed by atoms with E-state index in [1.165, 1.54) is 5.56 Å². The molecule has 1 aromatic heterocycles. The maximum atomic E-state index is 4.84. The summed E-state index contributed by atoms with van der Waals surface area (Å²) in [6.07, 6.45) is 2.17. The molecule has 0 aliphatic carbocycles. The Balaban J connectivity index is 0.000000847. The second-order valence-corrected chi connectivity index (χ2v) is 6.53. The van der Waals surface area contributed by atoms with E-state index in [0.29, 0.717) is 0 Å². The molecule has 2 aromatic rings. The Morgan fingerprint density at radius 2 is 2.09 bits per heavy atom. The van der Waals surface area contributed by atoms with Crippen molar-refractivity contribution in [1.29, 1.82) is 0 Å². The largest absolute Gasteiger partial charge is 0.370 e. The number of fused-ring (bicyclic) bond motifs is 1. The number of hydrogen-bond acceptors (Lipinski definition) is 2. The maximum absolute atomic E-state index is 4.84. The van der Waals surface area contributed by atoms with Gasteiger partial charge in [-0.2, -0.15) is 5.10 Å². The van der Waals surface area contributed by atoms with E-state index in [1.807, 2.05) is 13.8 Å². The van der Waals surface area contributed by atoms with Gasteiger partial charge in [-0.15, -0.1) is 0 Å².